The number of nitrogens with one attached hydrogen (secondary N) is 4. The number of hydroxylamine groups is 1. The average molecular weight is 722 g/mol. The van der Waals surface area contributed by atoms with Crippen LogP contribution in [0.25, 0.3) is 22.5 Å². The van der Waals surface area contributed by atoms with Crippen LogP contribution in [0.1, 0.15) is 66.5 Å². The van der Waals surface area contributed by atoms with E-state index in [1.165, 1.54) is 5.48 Å². The number of rotatable bonds is 19. The van der Waals surface area contributed by atoms with Gasteiger partial charge in [-0.2, -0.15) is 5.21 Å². The lowest BCUT2D eigenvalue weighted by molar-refractivity contribution is -0.146. The lowest BCUT2D eigenvalue weighted by Crippen LogP contribution is -2.48. The second-order valence-corrected chi connectivity index (χ2v) is 12.6. The van der Waals surface area contributed by atoms with Crippen LogP contribution in [0.4, 0.5) is 0 Å². The van der Waals surface area contributed by atoms with E-state index in [2.05, 4.69) is 43.2 Å². The fraction of sp³-hybridized carbons (Fsp3) is 0.316. The van der Waals surface area contributed by atoms with E-state index in [-0.39, 0.29) is 25.3 Å². The molecule has 2 heterocycles. The number of nitrogens with zero attached hydrogens (tertiary/aromatic N) is 5. The van der Waals surface area contributed by atoms with E-state index in [4.69, 9.17) is 0 Å². The van der Waals surface area contributed by atoms with Gasteiger partial charge in [0.05, 0.1) is 6.20 Å². The molecule has 0 saturated heterocycles. The van der Waals surface area contributed by atoms with Crippen LogP contribution in [0.3, 0.4) is 0 Å². The number of tetrazole rings is 1. The van der Waals surface area contributed by atoms with Gasteiger partial charge in [0.1, 0.15) is 23.5 Å². The summed E-state index contributed by atoms with van der Waals surface area (Å²) in [7, 11) is 0. The molecule has 15 heteroatoms. The van der Waals surface area contributed by atoms with Crippen LogP contribution < -0.4 is 16.1 Å². The summed E-state index contributed by atoms with van der Waals surface area (Å²) in [5, 5.41) is 38.7. The summed E-state index contributed by atoms with van der Waals surface area (Å²) in [6, 6.07) is 23.4. The highest BCUT2D eigenvalue weighted by molar-refractivity contribution is 6.01. The van der Waals surface area contributed by atoms with Gasteiger partial charge in [0.15, 0.2) is 0 Å². The fourth-order valence-corrected chi connectivity index (χ4v) is 6.01. The molecule has 2 unspecified atom stereocenters. The number of unbranched alkanes of at least 4 members (excludes halogenated alkanes) is 2. The van der Waals surface area contributed by atoms with Crippen molar-refractivity contribution in [2.24, 2.45) is 5.92 Å². The number of aryl methyl sites for hydroxylation is 1. The van der Waals surface area contributed by atoms with Gasteiger partial charge in [0.2, 0.25) is 11.7 Å². The topological polar surface area (TPSA) is 217 Å². The number of carboxylic acids is 1. The first-order valence-electron chi connectivity index (χ1n) is 17.5. The van der Waals surface area contributed by atoms with Gasteiger partial charge in [-0.25, -0.2) is 15.3 Å². The molecular weight excluding hydrogens is 678 g/mol. The second kappa shape index (κ2) is 18.9. The van der Waals surface area contributed by atoms with Crippen molar-refractivity contribution < 1.29 is 29.5 Å². The van der Waals surface area contributed by atoms with Crippen molar-refractivity contribution in [2.45, 2.75) is 64.5 Å². The molecule has 53 heavy (non-hydrogen) atoms. The quantitative estimate of drug-likeness (QED) is 0.0312. The Morgan fingerprint density at radius 2 is 1.60 bits per heavy atom. The van der Waals surface area contributed by atoms with Crippen molar-refractivity contribution in [2.75, 3.05) is 6.54 Å². The molecule has 0 bridgehead atoms. The molecule has 0 aliphatic heterocycles. The Bertz CT molecular complexity index is 1960. The maximum absolute atomic E-state index is 13.4. The first kappa shape index (κ1) is 38.0. The van der Waals surface area contributed by atoms with E-state index in [0.717, 1.165) is 40.9 Å². The Kier molecular flexibility index (Phi) is 13.5. The molecule has 276 valence electrons. The summed E-state index contributed by atoms with van der Waals surface area (Å²) in [5.74, 6) is -3.31. The minimum atomic E-state index is -1.33. The Balaban J connectivity index is 1.18. The lowest BCUT2D eigenvalue weighted by atomic mass is 9.97. The summed E-state index contributed by atoms with van der Waals surface area (Å²) in [6.45, 7) is 2.81. The third-order valence-electron chi connectivity index (χ3n) is 8.89. The molecule has 3 aromatic carbocycles. The van der Waals surface area contributed by atoms with Gasteiger partial charge >= 0.3 is 5.97 Å². The van der Waals surface area contributed by atoms with E-state index < -0.39 is 29.7 Å². The first-order chi connectivity index (χ1) is 25.8. The highest BCUT2D eigenvalue weighted by Crippen LogP contribution is 2.30. The van der Waals surface area contributed by atoms with Crippen LogP contribution in [0.5, 0.6) is 0 Å². The molecule has 0 saturated carbocycles. The smallest absolute Gasteiger partial charge is 0.326 e. The summed E-state index contributed by atoms with van der Waals surface area (Å²) < 4.78 is 1.93. The third-order valence-corrected chi connectivity index (χ3v) is 8.89. The van der Waals surface area contributed by atoms with Crippen molar-refractivity contribution in [1.29, 1.82) is 0 Å². The predicted molar refractivity (Wildman–Crippen MR) is 194 cm³/mol. The highest BCUT2D eigenvalue weighted by atomic mass is 16.5. The largest absolute Gasteiger partial charge is 0.480 e. The zero-order valence-electron chi connectivity index (χ0n) is 29.4. The van der Waals surface area contributed by atoms with Gasteiger partial charge in [-0.1, -0.05) is 92.2 Å². The average Bonchev–Trinajstić information content (AvgIpc) is 3.86. The van der Waals surface area contributed by atoms with E-state index in [0.29, 0.717) is 42.9 Å². The molecule has 15 nitrogen and oxygen atoms in total. The number of aliphatic carboxylic acids is 1. The van der Waals surface area contributed by atoms with Crippen LogP contribution in [-0.4, -0.2) is 76.8 Å². The van der Waals surface area contributed by atoms with Crippen molar-refractivity contribution in [3.63, 3.8) is 0 Å². The maximum Gasteiger partial charge on any atom is 0.326 e. The third kappa shape index (κ3) is 10.2. The highest BCUT2D eigenvalue weighted by Gasteiger charge is 2.30. The second-order valence-electron chi connectivity index (χ2n) is 12.6. The van der Waals surface area contributed by atoms with Crippen molar-refractivity contribution in [1.82, 2.24) is 46.3 Å². The Hall–Kier alpha value is -6.22. The van der Waals surface area contributed by atoms with Gasteiger partial charge in [0.25, 0.3) is 11.8 Å². The molecule has 0 fully saturated rings. The van der Waals surface area contributed by atoms with Gasteiger partial charge in [-0.15, -0.1) is 10.2 Å². The van der Waals surface area contributed by atoms with Crippen molar-refractivity contribution in [3.8, 4) is 22.5 Å². The number of aromatic nitrogens is 6. The van der Waals surface area contributed by atoms with Crippen molar-refractivity contribution >= 4 is 23.7 Å². The Morgan fingerprint density at radius 3 is 2.28 bits per heavy atom. The van der Waals surface area contributed by atoms with Crippen molar-refractivity contribution in [3.05, 3.63) is 108 Å². The zero-order chi connectivity index (χ0) is 37.6. The number of benzene rings is 3. The number of carboxylic acid groups (broad SMARTS) is 1. The van der Waals surface area contributed by atoms with Gasteiger partial charge < -0.3 is 20.3 Å². The SMILES string of the molecule is CCCCc1ncc(C(=O)NCCCCC(NC(=O)C(Cc2ccccc2)C(=O)NO)C(=O)O)n1Cc1ccc(-c2ccccc2-c2nn[nH]n2)cc1. The summed E-state index contributed by atoms with van der Waals surface area (Å²) in [4.78, 5) is 55.2. The normalized spacial score (nSPS) is 12.1. The van der Waals surface area contributed by atoms with Gasteiger partial charge in [0, 0.05) is 25.1 Å². The molecule has 0 spiro atoms. The lowest BCUT2D eigenvalue weighted by Gasteiger charge is -2.19. The molecule has 5 aromatic rings. The van der Waals surface area contributed by atoms with E-state index in [9.17, 15) is 29.5 Å². The molecule has 0 radical (unpaired) electrons. The van der Waals surface area contributed by atoms with Gasteiger partial charge in [-0.3, -0.25) is 19.6 Å². The molecule has 3 amide bonds. The molecule has 2 aromatic heterocycles. The summed E-state index contributed by atoms with van der Waals surface area (Å²) in [5.41, 5.74) is 6.38. The molecule has 0 aliphatic carbocycles. The molecule has 0 aliphatic rings. The summed E-state index contributed by atoms with van der Waals surface area (Å²) >= 11 is 0. The fourth-order valence-electron chi connectivity index (χ4n) is 6.01. The van der Waals surface area contributed by atoms with Crippen LogP contribution in [0, 0.1) is 5.92 Å². The maximum atomic E-state index is 13.4. The number of carbonyl (C=O) groups excluding carboxylic acids is 3. The van der Waals surface area contributed by atoms with E-state index >= 15 is 0 Å². The molecule has 5 rings (SSSR count). The van der Waals surface area contributed by atoms with Crippen LogP contribution >= 0.6 is 0 Å². The number of H-pyrrole nitrogens is 1. The number of carbonyl (C=O) groups is 4. The molecule has 6 N–H and O–H groups in total. The van der Waals surface area contributed by atoms with Crippen LogP contribution in [0.15, 0.2) is 85.1 Å². The van der Waals surface area contributed by atoms with Crippen LogP contribution in [0.2, 0.25) is 0 Å². The first-order valence-corrected chi connectivity index (χ1v) is 17.5. The van der Waals surface area contributed by atoms with Gasteiger partial charge in [-0.05, 0) is 59.6 Å². The standard InChI is InChI=1S/C38H43N9O6/c1-2-3-16-33-40-23-32(47(33)24-26-17-19-27(20-18-26)28-13-7-8-14-29(28)34-42-45-46-43-34)37(50)39-21-10-9-15-31(38(51)52)41-35(48)30(36(49)44-53)22-25-11-5-4-6-12-25/h4-8,11-14,17-20,23,30-31,53H,2-3,9-10,15-16,21-22,24H2,1H3,(H,39,50)(H,41,48)(H,44,49)(H,51,52)(H,42,43,45,46). The predicted octanol–water partition coefficient (Wildman–Crippen LogP) is 3.95. The van der Waals surface area contributed by atoms with Crippen LogP contribution in [-0.2, 0) is 33.8 Å². The Morgan fingerprint density at radius 1 is 0.868 bits per heavy atom. The molecule has 2 atom stereocenters. The Labute approximate surface area is 306 Å². The molecular formula is C38H43N9O6. The number of aromatic amines is 1. The minimum Gasteiger partial charge on any atom is -0.480 e. The zero-order valence-corrected chi connectivity index (χ0v) is 29.4. The number of amides is 3. The van der Waals surface area contributed by atoms with E-state index in [1.807, 2.05) is 53.1 Å². The number of imidazole rings is 1. The minimum absolute atomic E-state index is 0.0172. The summed E-state index contributed by atoms with van der Waals surface area (Å²) in [6.07, 6.45) is 5.07. The monoisotopic (exact) mass is 721 g/mol. The number of hydrogen-bond donors (Lipinski definition) is 6. The van der Waals surface area contributed by atoms with E-state index in [1.54, 1.807) is 36.5 Å². The number of hydrogen-bond acceptors (Lipinski definition) is 9.